The Balaban J connectivity index is 2.73. The minimum atomic E-state index is -1.63. The summed E-state index contributed by atoms with van der Waals surface area (Å²) < 4.78 is 18.2. The number of ether oxygens (including phenoxy) is 1. The maximum atomic E-state index is 13.6. The van der Waals surface area contributed by atoms with Crippen molar-refractivity contribution in [3.8, 4) is 0 Å². The highest BCUT2D eigenvalue weighted by atomic mass is 19.1. The maximum absolute atomic E-state index is 13.6. The monoisotopic (exact) mass is 234 g/mol. The summed E-state index contributed by atoms with van der Waals surface area (Å²) in [5, 5.41) is 0.651. The number of rotatable bonds is 3. The highest BCUT2D eigenvalue weighted by Gasteiger charge is 2.16. The lowest BCUT2D eigenvalue weighted by atomic mass is 10.0. The molecule has 17 heavy (non-hydrogen) atoms. The molecule has 0 aliphatic rings. The highest BCUT2D eigenvalue weighted by Crippen LogP contribution is 2.27. The van der Waals surface area contributed by atoms with Gasteiger partial charge < -0.3 is 10.5 Å². The molecule has 1 atom stereocenters. The number of alkyl halides is 1. The van der Waals surface area contributed by atoms with E-state index in [0.29, 0.717) is 10.9 Å². The van der Waals surface area contributed by atoms with Gasteiger partial charge in [-0.3, -0.25) is 9.78 Å². The fourth-order valence-electron chi connectivity index (χ4n) is 1.66. The Kier molecular flexibility index (Phi) is 3.01. The lowest BCUT2D eigenvalue weighted by molar-refractivity contribution is -0.00561. The molecule has 1 aromatic carbocycles. The minimum Gasteiger partial charge on any atom is -0.366 e. The molecular formula is C12H11FN2O2. The van der Waals surface area contributed by atoms with Crippen molar-refractivity contribution in [1.29, 1.82) is 0 Å². The third-order valence-corrected chi connectivity index (χ3v) is 2.47. The number of hydrogen-bond acceptors (Lipinski definition) is 3. The number of carbonyl (C=O) groups excluding carboxylic acids is 1. The summed E-state index contributed by atoms with van der Waals surface area (Å²) in [7, 11) is 1.25. The molecule has 0 aliphatic heterocycles. The molecule has 1 amide bonds. The Morgan fingerprint density at radius 2 is 2.29 bits per heavy atom. The summed E-state index contributed by atoms with van der Waals surface area (Å²) in [4.78, 5) is 15.2. The van der Waals surface area contributed by atoms with Gasteiger partial charge in [0.25, 0.3) is 0 Å². The summed E-state index contributed by atoms with van der Waals surface area (Å²) in [5.41, 5.74) is 6.10. The summed E-state index contributed by atoms with van der Waals surface area (Å²) in [6.07, 6.45) is -0.0790. The summed E-state index contributed by atoms with van der Waals surface area (Å²) in [6.45, 7) is 0. The molecule has 0 bridgehead atoms. The number of nitrogens with zero attached hydrogens (tertiary/aromatic N) is 1. The maximum Gasteiger partial charge on any atom is 0.248 e. The quantitative estimate of drug-likeness (QED) is 0.882. The standard InChI is InChI=1S/C12H11FN2O2/c1-17-11(13)9-6-8(12(14)16)5-7-3-2-4-15-10(7)9/h2-6,11H,1H3,(H2,14,16). The van der Waals surface area contributed by atoms with Crippen molar-refractivity contribution < 1.29 is 13.9 Å². The van der Waals surface area contributed by atoms with Crippen LogP contribution in [0.4, 0.5) is 4.39 Å². The van der Waals surface area contributed by atoms with Crippen LogP contribution in [0.2, 0.25) is 0 Å². The average molecular weight is 234 g/mol. The number of benzene rings is 1. The highest BCUT2D eigenvalue weighted by molar-refractivity contribution is 5.98. The van der Waals surface area contributed by atoms with Crippen molar-refractivity contribution in [1.82, 2.24) is 4.98 Å². The number of amides is 1. The zero-order valence-electron chi connectivity index (χ0n) is 9.18. The van der Waals surface area contributed by atoms with E-state index in [9.17, 15) is 9.18 Å². The molecule has 0 radical (unpaired) electrons. The molecule has 88 valence electrons. The molecule has 2 aromatic rings. The second-order valence-corrected chi connectivity index (χ2v) is 3.56. The van der Waals surface area contributed by atoms with Crippen molar-refractivity contribution in [3.63, 3.8) is 0 Å². The van der Waals surface area contributed by atoms with Gasteiger partial charge in [-0.15, -0.1) is 0 Å². The van der Waals surface area contributed by atoms with Crippen LogP contribution in [-0.4, -0.2) is 18.0 Å². The molecular weight excluding hydrogens is 223 g/mol. The third kappa shape index (κ3) is 2.09. The number of fused-ring (bicyclic) bond motifs is 1. The van der Waals surface area contributed by atoms with Crippen LogP contribution in [0.25, 0.3) is 10.9 Å². The molecule has 0 aliphatic carbocycles. The first-order valence-corrected chi connectivity index (χ1v) is 4.99. The topological polar surface area (TPSA) is 65.2 Å². The molecule has 1 aromatic heterocycles. The van der Waals surface area contributed by atoms with Crippen LogP contribution in [-0.2, 0) is 4.74 Å². The van der Waals surface area contributed by atoms with Crippen molar-refractivity contribution in [2.45, 2.75) is 6.36 Å². The van der Waals surface area contributed by atoms with Crippen LogP contribution in [0.3, 0.4) is 0 Å². The fraction of sp³-hybridized carbons (Fsp3) is 0.167. The van der Waals surface area contributed by atoms with Crippen LogP contribution in [0.5, 0.6) is 0 Å². The molecule has 0 fully saturated rings. The van der Waals surface area contributed by atoms with Gasteiger partial charge in [-0.05, 0) is 18.2 Å². The predicted molar refractivity (Wildman–Crippen MR) is 61.1 cm³/mol. The Morgan fingerprint density at radius 1 is 1.53 bits per heavy atom. The van der Waals surface area contributed by atoms with Crippen molar-refractivity contribution in [2.75, 3.05) is 7.11 Å². The van der Waals surface area contributed by atoms with Crippen molar-refractivity contribution >= 4 is 16.8 Å². The minimum absolute atomic E-state index is 0.208. The zero-order chi connectivity index (χ0) is 12.4. The van der Waals surface area contributed by atoms with Gasteiger partial charge in [0.2, 0.25) is 12.3 Å². The van der Waals surface area contributed by atoms with E-state index in [0.717, 1.165) is 0 Å². The number of hydrogen-bond donors (Lipinski definition) is 1. The van der Waals surface area contributed by atoms with E-state index in [-0.39, 0.29) is 11.1 Å². The van der Waals surface area contributed by atoms with Gasteiger partial charge in [-0.1, -0.05) is 6.07 Å². The summed E-state index contributed by atoms with van der Waals surface area (Å²) in [6, 6.07) is 6.39. The number of primary amides is 1. The van der Waals surface area contributed by atoms with E-state index in [4.69, 9.17) is 5.73 Å². The molecule has 0 spiro atoms. The number of pyridine rings is 1. The molecule has 1 heterocycles. The van der Waals surface area contributed by atoms with E-state index in [1.54, 1.807) is 24.4 Å². The molecule has 2 N–H and O–H groups in total. The van der Waals surface area contributed by atoms with E-state index in [1.165, 1.54) is 13.2 Å². The Labute approximate surface area is 97.2 Å². The second kappa shape index (κ2) is 4.47. The SMILES string of the molecule is COC(F)c1cc(C(N)=O)cc2cccnc12. The first-order chi connectivity index (χ1) is 8.13. The molecule has 0 saturated heterocycles. The smallest absolute Gasteiger partial charge is 0.248 e. The van der Waals surface area contributed by atoms with Crippen LogP contribution in [0.15, 0.2) is 30.5 Å². The van der Waals surface area contributed by atoms with E-state index < -0.39 is 12.3 Å². The third-order valence-electron chi connectivity index (χ3n) is 2.47. The van der Waals surface area contributed by atoms with Gasteiger partial charge in [0.05, 0.1) is 5.52 Å². The van der Waals surface area contributed by atoms with Crippen LogP contribution in [0, 0.1) is 0 Å². The molecule has 4 nitrogen and oxygen atoms in total. The zero-order valence-corrected chi connectivity index (χ0v) is 9.18. The molecule has 1 unspecified atom stereocenters. The van der Waals surface area contributed by atoms with Crippen molar-refractivity contribution in [3.05, 3.63) is 41.6 Å². The Bertz CT molecular complexity index is 571. The Morgan fingerprint density at radius 3 is 2.94 bits per heavy atom. The van der Waals surface area contributed by atoms with Crippen LogP contribution < -0.4 is 5.73 Å². The number of halogens is 1. The Hall–Kier alpha value is -2.01. The van der Waals surface area contributed by atoms with Crippen molar-refractivity contribution in [2.24, 2.45) is 5.73 Å². The normalized spacial score (nSPS) is 12.6. The summed E-state index contributed by atoms with van der Waals surface area (Å²) in [5.74, 6) is -0.611. The second-order valence-electron chi connectivity index (χ2n) is 3.56. The van der Waals surface area contributed by atoms with Gasteiger partial charge in [0.15, 0.2) is 0 Å². The number of nitrogens with two attached hydrogens (primary N) is 1. The lowest BCUT2D eigenvalue weighted by Gasteiger charge is -2.10. The predicted octanol–water partition coefficient (Wildman–Crippen LogP) is 1.95. The van der Waals surface area contributed by atoms with E-state index in [1.807, 2.05) is 0 Å². The van der Waals surface area contributed by atoms with Gasteiger partial charge in [-0.25, -0.2) is 4.39 Å². The number of methoxy groups -OCH3 is 1. The van der Waals surface area contributed by atoms with Gasteiger partial charge >= 0.3 is 0 Å². The average Bonchev–Trinajstić information content (AvgIpc) is 2.36. The van der Waals surface area contributed by atoms with Crippen LogP contribution >= 0.6 is 0 Å². The van der Waals surface area contributed by atoms with E-state index >= 15 is 0 Å². The van der Waals surface area contributed by atoms with Crippen LogP contribution in [0.1, 0.15) is 22.3 Å². The lowest BCUT2D eigenvalue weighted by Crippen LogP contribution is -2.12. The van der Waals surface area contributed by atoms with E-state index in [2.05, 4.69) is 9.72 Å². The molecule has 5 heteroatoms. The fourth-order valence-corrected chi connectivity index (χ4v) is 1.66. The first-order valence-electron chi connectivity index (χ1n) is 4.99. The first kappa shape index (κ1) is 11.5. The number of aromatic nitrogens is 1. The summed E-state index contributed by atoms with van der Waals surface area (Å²) >= 11 is 0. The van der Waals surface area contributed by atoms with Gasteiger partial charge in [-0.2, -0.15) is 0 Å². The van der Waals surface area contributed by atoms with Gasteiger partial charge in [0.1, 0.15) is 0 Å². The van der Waals surface area contributed by atoms with Gasteiger partial charge in [0, 0.05) is 29.8 Å². The largest absolute Gasteiger partial charge is 0.366 e. The molecule has 0 saturated carbocycles. The molecule has 2 rings (SSSR count). The number of carbonyl (C=O) groups is 1.